The van der Waals surface area contributed by atoms with Gasteiger partial charge in [-0.3, -0.25) is 9.59 Å². The van der Waals surface area contributed by atoms with Crippen LogP contribution in [0.4, 0.5) is 4.39 Å². The Bertz CT molecular complexity index is 1420. The second kappa shape index (κ2) is 8.51. The third-order valence-electron chi connectivity index (χ3n) is 6.16. The maximum atomic E-state index is 13.4. The average Bonchev–Trinajstić information content (AvgIpc) is 3.37. The first-order valence-corrected chi connectivity index (χ1v) is 10.8. The van der Waals surface area contributed by atoms with E-state index in [0.29, 0.717) is 12.0 Å². The molecule has 0 saturated carbocycles. The van der Waals surface area contributed by atoms with E-state index < -0.39 is 23.5 Å². The molecule has 3 N–H and O–H groups in total. The molecule has 1 aliphatic heterocycles. The number of para-hydroxylation sites is 1. The van der Waals surface area contributed by atoms with E-state index in [0.717, 1.165) is 16.5 Å². The number of aromatic amines is 1. The van der Waals surface area contributed by atoms with Crippen molar-refractivity contribution in [3.8, 4) is 5.75 Å². The zero-order valence-corrected chi connectivity index (χ0v) is 18.0. The fourth-order valence-corrected chi connectivity index (χ4v) is 4.46. The lowest BCUT2D eigenvalue weighted by Gasteiger charge is -2.25. The van der Waals surface area contributed by atoms with Crippen molar-refractivity contribution >= 4 is 28.4 Å². The van der Waals surface area contributed by atoms with E-state index in [-0.39, 0.29) is 29.2 Å². The third kappa shape index (κ3) is 3.71. The number of H-pyrrole nitrogens is 1. The van der Waals surface area contributed by atoms with Crippen molar-refractivity contribution in [2.45, 2.75) is 12.5 Å². The molecule has 5 rings (SSSR count). The second-order valence-corrected chi connectivity index (χ2v) is 8.20. The molecule has 0 bridgehead atoms. The molecule has 1 aromatic heterocycles. The number of halogens is 1. The monoisotopic (exact) mass is 456 g/mol. The summed E-state index contributed by atoms with van der Waals surface area (Å²) in [5, 5.41) is 21.8. The van der Waals surface area contributed by atoms with Gasteiger partial charge >= 0.3 is 0 Å². The van der Waals surface area contributed by atoms with E-state index >= 15 is 0 Å². The number of benzene rings is 3. The first kappa shape index (κ1) is 21.5. The number of amides is 1. The van der Waals surface area contributed by atoms with Crippen LogP contribution in [-0.2, 0) is 16.0 Å². The molecular weight excluding hydrogens is 435 g/mol. The number of nitrogens with one attached hydrogen (secondary N) is 1. The predicted molar refractivity (Wildman–Crippen MR) is 126 cm³/mol. The van der Waals surface area contributed by atoms with Gasteiger partial charge in [0.15, 0.2) is 0 Å². The molecule has 34 heavy (non-hydrogen) atoms. The SMILES string of the molecule is O=C1C(=O)N(CCc2c[nH]c3ccccc23)[C@H](c2ccc(O)cc2)C1=C(O)c1ccc(F)cc1. The zero-order chi connectivity index (χ0) is 23.8. The van der Waals surface area contributed by atoms with Crippen molar-refractivity contribution in [3.63, 3.8) is 0 Å². The molecule has 7 heteroatoms. The van der Waals surface area contributed by atoms with Gasteiger partial charge in [0, 0.05) is 29.2 Å². The Morgan fingerprint density at radius 3 is 2.41 bits per heavy atom. The van der Waals surface area contributed by atoms with Crippen LogP contribution in [-0.4, -0.2) is 38.3 Å². The summed E-state index contributed by atoms with van der Waals surface area (Å²) in [6, 6.07) is 18.2. The molecule has 0 spiro atoms. The number of fused-ring (bicyclic) bond motifs is 1. The highest BCUT2D eigenvalue weighted by molar-refractivity contribution is 6.46. The molecular formula is C27H21FN2O4. The van der Waals surface area contributed by atoms with Crippen LogP contribution in [0.3, 0.4) is 0 Å². The molecule has 2 heterocycles. The predicted octanol–water partition coefficient (Wildman–Crippen LogP) is 4.68. The van der Waals surface area contributed by atoms with Crippen LogP contribution in [0.2, 0.25) is 0 Å². The molecule has 0 unspecified atom stereocenters. The first-order valence-electron chi connectivity index (χ1n) is 10.8. The van der Waals surface area contributed by atoms with Gasteiger partial charge in [-0.25, -0.2) is 4.39 Å². The maximum Gasteiger partial charge on any atom is 0.295 e. The van der Waals surface area contributed by atoms with Gasteiger partial charge in [0.05, 0.1) is 11.6 Å². The summed E-state index contributed by atoms with van der Waals surface area (Å²) in [6.07, 6.45) is 2.37. The number of aliphatic hydroxyl groups is 1. The van der Waals surface area contributed by atoms with E-state index in [9.17, 15) is 24.2 Å². The number of carbonyl (C=O) groups excluding carboxylic acids is 2. The lowest BCUT2D eigenvalue weighted by atomic mass is 9.95. The van der Waals surface area contributed by atoms with Gasteiger partial charge in [-0.15, -0.1) is 0 Å². The van der Waals surface area contributed by atoms with Crippen LogP contribution in [0.15, 0.2) is 84.6 Å². The minimum absolute atomic E-state index is 0.0398. The number of aliphatic hydroxyl groups excluding tert-OH is 1. The Hall–Kier alpha value is -4.39. The van der Waals surface area contributed by atoms with Crippen molar-refractivity contribution in [2.24, 2.45) is 0 Å². The number of phenolic OH excluding ortho intramolecular Hbond substituents is 1. The molecule has 1 atom stereocenters. The van der Waals surface area contributed by atoms with Crippen LogP contribution >= 0.6 is 0 Å². The van der Waals surface area contributed by atoms with Gasteiger partial charge in [0.1, 0.15) is 17.3 Å². The second-order valence-electron chi connectivity index (χ2n) is 8.20. The van der Waals surface area contributed by atoms with Crippen molar-refractivity contribution in [2.75, 3.05) is 6.54 Å². The molecule has 0 aliphatic carbocycles. The van der Waals surface area contributed by atoms with E-state index in [1.165, 1.54) is 41.3 Å². The van der Waals surface area contributed by atoms with E-state index in [1.807, 2.05) is 30.5 Å². The van der Waals surface area contributed by atoms with Crippen LogP contribution < -0.4 is 0 Å². The number of Topliss-reactive ketones (excluding diaryl/α,β-unsaturated/α-hetero) is 1. The Morgan fingerprint density at radius 1 is 0.971 bits per heavy atom. The van der Waals surface area contributed by atoms with E-state index in [2.05, 4.69) is 4.98 Å². The third-order valence-corrected chi connectivity index (χ3v) is 6.16. The van der Waals surface area contributed by atoms with Gasteiger partial charge in [0.25, 0.3) is 11.7 Å². The summed E-state index contributed by atoms with van der Waals surface area (Å²) in [6.45, 7) is 0.234. The van der Waals surface area contributed by atoms with Gasteiger partial charge in [0.2, 0.25) is 0 Å². The molecule has 4 aromatic rings. The van der Waals surface area contributed by atoms with Crippen molar-refractivity contribution in [3.05, 3.63) is 107 Å². The highest BCUT2D eigenvalue weighted by Gasteiger charge is 2.45. The summed E-state index contributed by atoms with van der Waals surface area (Å²) in [5.41, 5.74) is 2.71. The summed E-state index contributed by atoms with van der Waals surface area (Å²) < 4.78 is 13.4. The highest BCUT2D eigenvalue weighted by atomic mass is 19.1. The number of aromatic nitrogens is 1. The van der Waals surface area contributed by atoms with Gasteiger partial charge < -0.3 is 20.1 Å². The molecule has 6 nitrogen and oxygen atoms in total. The molecule has 1 saturated heterocycles. The Labute approximate surface area is 194 Å². The van der Waals surface area contributed by atoms with Gasteiger partial charge in [-0.1, -0.05) is 30.3 Å². The van der Waals surface area contributed by atoms with Crippen molar-refractivity contribution in [1.82, 2.24) is 9.88 Å². The normalized spacial score (nSPS) is 17.6. The van der Waals surface area contributed by atoms with E-state index in [4.69, 9.17) is 0 Å². The van der Waals surface area contributed by atoms with Crippen molar-refractivity contribution in [1.29, 1.82) is 0 Å². The Morgan fingerprint density at radius 2 is 1.68 bits per heavy atom. The van der Waals surface area contributed by atoms with Gasteiger partial charge in [-0.2, -0.15) is 0 Å². The minimum Gasteiger partial charge on any atom is -0.508 e. The van der Waals surface area contributed by atoms with E-state index in [1.54, 1.807) is 12.1 Å². The Balaban J connectivity index is 1.56. The number of aromatic hydroxyl groups is 1. The van der Waals surface area contributed by atoms with Gasteiger partial charge in [-0.05, 0) is 60.0 Å². The molecule has 1 aliphatic rings. The largest absolute Gasteiger partial charge is 0.508 e. The number of carbonyl (C=O) groups is 2. The summed E-state index contributed by atoms with van der Waals surface area (Å²) in [7, 11) is 0. The number of ketones is 1. The lowest BCUT2D eigenvalue weighted by Crippen LogP contribution is -2.31. The highest BCUT2D eigenvalue weighted by Crippen LogP contribution is 2.40. The smallest absolute Gasteiger partial charge is 0.295 e. The number of nitrogens with zero attached hydrogens (tertiary/aromatic N) is 1. The Kier molecular flexibility index (Phi) is 5.37. The summed E-state index contributed by atoms with van der Waals surface area (Å²) in [5.74, 6) is -2.34. The minimum atomic E-state index is -0.851. The fourth-order valence-electron chi connectivity index (χ4n) is 4.46. The lowest BCUT2D eigenvalue weighted by molar-refractivity contribution is -0.139. The topological polar surface area (TPSA) is 93.6 Å². The maximum absolute atomic E-state index is 13.4. The molecule has 1 fully saturated rings. The number of likely N-dealkylation sites (tertiary alicyclic amines) is 1. The number of rotatable bonds is 5. The quantitative estimate of drug-likeness (QED) is 0.231. The molecule has 1 amide bonds. The molecule has 0 radical (unpaired) electrons. The van der Waals surface area contributed by atoms with Crippen LogP contribution in [0.1, 0.15) is 22.7 Å². The standard InChI is InChI=1S/C27H21FN2O4/c28-19-9-5-17(6-10-19)25(32)23-24(16-7-11-20(31)12-8-16)30(27(34)26(23)33)14-13-18-15-29-22-4-2-1-3-21(18)22/h1-12,15,24,29,31-32H,13-14H2/t24-/m1/s1. The zero-order valence-electron chi connectivity index (χ0n) is 18.0. The van der Waals surface area contributed by atoms with Crippen LogP contribution in [0.25, 0.3) is 16.7 Å². The first-order chi connectivity index (χ1) is 16.4. The average molecular weight is 456 g/mol. The number of phenols is 1. The summed E-state index contributed by atoms with van der Waals surface area (Å²) >= 11 is 0. The van der Waals surface area contributed by atoms with Crippen LogP contribution in [0.5, 0.6) is 5.75 Å². The van der Waals surface area contributed by atoms with Crippen LogP contribution in [0, 0.1) is 5.82 Å². The number of hydrogen-bond donors (Lipinski definition) is 3. The van der Waals surface area contributed by atoms with Crippen molar-refractivity contribution < 1.29 is 24.2 Å². The fraction of sp³-hybridized carbons (Fsp3) is 0.111. The summed E-state index contributed by atoms with van der Waals surface area (Å²) in [4.78, 5) is 30.8. The molecule has 170 valence electrons. The molecule has 3 aromatic carbocycles. The number of hydrogen-bond acceptors (Lipinski definition) is 4.